The number of hydrogen-bond donors (Lipinski definition) is 0. The summed E-state index contributed by atoms with van der Waals surface area (Å²) in [6, 6.07) is 6.56. The highest BCUT2D eigenvalue weighted by Crippen LogP contribution is 2.32. The zero-order valence-corrected chi connectivity index (χ0v) is 11.7. The van der Waals surface area contributed by atoms with E-state index in [2.05, 4.69) is 23.5 Å². The second kappa shape index (κ2) is 5.19. The lowest BCUT2D eigenvalue weighted by molar-refractivity contribution is 0.0601. The van der Waals surface area contributed by atoms with Crippen molar-refractivity contribution in [1.82, 2.24) is 0 Å². The quantitative estimate of drug-likeness (QED) is 0.768. The average Bonchev–Trinajstić information content (AvgIpc) is 2.68. The Morgan fingerprint density at radius 1 is 1.33 bits per heavy atom. The van der Waals surface area contributed by atoms with Gasteiger partial charge >= 0.3 is 5.97 Å². The number of carbonyl (C=O) groups is 1. The van der Waals surface area contributed by atoms with Crippen LogP contribution >= 0.6 is 11.6 Å². The third-order valence-corrected chi connectivity index (χ3v) is 3.92. The van der Waals surface area contributed by atoms with E-state index in [9.17, 15) is 4.79 Å². The molecular weight excluding hydrogens is 250 g/mol. The monoisotopic (exact) mass is 267 g/mol. The molecule has 0 aliphatic carbocycles. The standard InChI is InChI=1S/C14H18ClNO2/c1-9-4-5-10(2)16(9)11-6-7-12(13(15)8-11)14(17)18-3/h6-10H,4-5H2,1-3H3. The third-order valence-electron chi connectivity index (χ3n) is 3.61. The molecule has 2 rings (SSSR count). The lowest BCUT2D eigenvalue weighted by atomic mass is 10.1. The molecule has 0 spiro atoms. The Labute approximate surface area is 113 Å². The van der Waals surface area contributed by atoms with Gasteiger partial charge in [0.15, 0.2) is 0 Å². The summed E-state index contributed by atoms with van der Waals surface area (Å²) >= 11 is 6.15. The zero-order chi connectivity index (χ0) is 13.3. The van der Waals surface area contributed by atoms with Crippen LogP contribution in [-0.4, -0.2) is 25.2 Å². The minimum absolute atomic E-state index is 0.394. The Kier molecular flexibility index (Phi) is 3.81. The lowest BCUT2D eigenvalue weighted by Gasteiger charge is -2.29. The van der Waals surface area contributed by atoms with Gasteiger partial charge in [-0.2, -0.15) is 0 Å². The fourth-order valence-electron chi connectivity index (χ4n) is 2.64. The van der Waals surface area contributed by atoms with Crippen LogP contribution in [0, 0.1) is 0 Å². The highest BCUT2D eigenvalue weighted by atomic mass is 35.5. The second-order valence-electron chi connectivity index (χ2n) is 4.84. The number of anilines is 1. The minimum Gasteiger partial charge on any atom is -0.465 e. The van der Waals surface area contributed by atoms with Gasteiger partial charge in [-0.1, -0.05) is 11.6 Å². The summed E-state index contributed by atoms with van der Waals surface area (Å²) in [4.78, 5) is 13.8. The molecule has 98 valence electrons. The maximum absolute atomic E-state index is 11.5. The Hall–Kier alpha value is -1.22. The molecule has 1 fully saturated rings. The van der Waals surface area contributed by atoms with Crippen LogP contribution in [0.1, 0.15) is 37.0 Å². The summed E-state index contributed by atoms with van der Waals surface area (Å²) in [6.45, 7) is 4.43. The molecular formula is C14H18ClNO2. The SMILES string of the molecule is COC(=O)c1ccc(N2C(C)CCC2C)cc1Cl. The molecule has 1 aromatic carbocycles. The topological polar surface area (TPSA) is 29.5 Å². The van der Waals surface area contributed by atoms with Gasteiger partial charge < -0.3 is 9.64 Å². The van der Waals surface area contributed by atoms with Crippen molar-refractivity contribution in [3.8, 4) is 0 Å². The number of rotatable bonds is 2. The summed E-state index contributed by atoms with van der Waals surface area (Å²) < 4.78 is 4.69. The molecule has 1 heterocycles. The van der Waals surface area contributed by atoms with E-state index in [0.717, 1.165) is 5.69 Å². The molecule has 0 bridgehead atoms. The normalized spacial score (nSPS) is 23.2. The second-order valence-corrected chi connectivity index (χ2v) is 5.25. The first-order valence-electron chi connectivity index (χ1n) is 6.20. The molecule has 18 heavy (non-hydrogen) atoms. The smallest absolute Gasteiger partial charge is 0.339 e. The van der Waals surface area contributed by atoms with Crippen LogP contribution in [0.3, 0.4) is 0 Å². The van der Waals surface area contributed by atoms with Gasteiger partial charge in [-0.3, -0.25) is 0 Å². The summed E-state index contributed by atoms with van der Waals surface area (Å²) in [5, 5.41) is 0.450. The van der Waals surface area contributed by atoms with Crippen molar-refractivity contribution in [3.05, 3.63) is 28.8 Å². The molecule has 0 amide bonds. The fraction of sp³-hybridized carbons (Fsp3) is 0.500. The molecule has 0 aromatic heterocycles. The van der Waals surface area contributed by atoms with E-state index in [1.807, 2.05) is 12.1 Å². The molecule has 1 aliphatic rings. The van der Waals surface area contributed by atoms with Gasteiger partial charge in [0, 0.05) is 17.8 Å². The predicted molar refractivity (Wildman–Crippen MR) is 73.4 cm³/mol. The van der Waals surface area contributed by atoms with E-state index in [0.29, 0.717) is 22.7 Å². The van der Waals surface area contributed by atoms with Crippen molar-refractivity contribution in [2.24, 2.45) is 0 Å². The third kappa shape index (κ3) is 2.32. The van der Waals surface area contributed by atoms with Crippen molar-refractivity contribution in [3.63, 3.8) is 0 Å². The van der Waals surface area contributed by atoms with Crippen LogP contribution in [0.2, 0.25) is 5.02 Å². The Bertz CT molecular complexity index is 451. The molecule has 2 unspecified atom stereocenters. The summed E-state index contributed by atoms with van der Waals surface area (Å²) in [5.41, 5.74) is 1.49. The van der Waals surface area contributed by atoms with Gasteiger partial charge in [-0.05, 0) is 44.9 Å². The zero-order valence-electron chi connectivity index (χ0n) is 10.9. The number of benzene rings is 1. The Balaban J connectivity index is 2.31. The van der Waals surface area contributed by atoms with Gasteiger partial charge in [-0.15, -0.1) is 0 Å². The average molecular weight is 268 g/mol. The van der Waals surface area contributed by atoms with E-state index in [1.165, 1.54) is 20.0 Å². The van der Waals surface area contributed by atoms with Crippen LogP contribution in [0.5, 0.6) is 0 Å². The maximum Gasteiger partial charge on any atom is 0.339 e. The van der Waals surface area contributed by atoms with Crippen molar-refractivity contribution in [1.29, 1.82) is 0 Å². The van der Waals surface area contributed by atoms with E-state index in [4.69, 9.17) is 11.6 Å². The van der Waals surface area contributed by atoms with Crippen molar-refractivity contribution >= 4 is 23.3 Å². The van der Waals surface area contributed by atoms with Crippen molar-refractivity contribution < 1.29 is 9.53 Å². The molecule has 2 atom stereocenters. The molecule has 0 N–H and O–H groups in total. The fourth-order valence-corrected chi connectivity index (χ4v) is 2.90. The van der Waals surface area contributed by atoms with E-state index in [1.54, 1.807) is 6.07 Å². The number of ether oxygens (including phenoxy) is 1. The Morgan fingerprint density at radius 3 is 2.44 bits per heavy atom. The lowest BCUT2D eigenvalue weighted by Crippen LogP contribution is -2.32. The summed E-state index contributed by atoms with van der Waals surface area (Å²) in [5.74, 6) is -0.394. The van der Waals surface area contributed by atoms with Gasteiger partial charge in [0.2, 0.25) is 0 Å². The molecule has 4 heteroatoms. The molecule has 1 aromatic rings. The number of methoxy groups -OCH3 is 1. The Morgan fingerprint density at radius 2 is 1.94 bits per heavy atom. The molecule has 0 saturated carbocycles. The van der Waals surface area contributed by atoms with Crippen LogP contribution < -0.4 is 4.90 Å². The van der Waals surface area contributed by atoms with Gasteiger partial charge in [-0.25, -0.2) is 4.79 Å². The van der Waals surface area contributed by atoms with E-state index in [-0.39, 0.29) is 0 Å². The van der Waals surface area contributed by atoms with Crippen LogP contribution in [0.25, 0.3) is 0 Å². The van der Waals surface area contributed by atoms with Crippen LogP contribution in [0.4, 0.5) is 5.69 Å². The van der Waals surface area contributed by atoms with Gasteiger partial charge in [0.25, 0.3) is 0 Å². The van der Waals surface area contributed by atoms with Crippen LogP contribution in [-0.2, 0) is 4.74 Å². The van der Waals surface area contributed by atoms with Crippen molar-refractivity contribution in [2.75, 3.05) is 12.0 Å². The van der Waals surface area contributed by atoms with Crippen molar-refractivity contribution in [2.45, 2.75) is 38.8 Å². The number of halogens is 1. The summed E-state index contributed by atoms with van der Waals surface area (Å²) in [7, 11) is 1.36. The van der Waals surface area contributed by atoms with E-state index >= 15 is 0 Å². The predicted octanol–water partition coefficient (Wildman–Crippen LogP) is 3.50. The minimum atomic E-state index is -0.394. The molecule has 0 radical (unpaired) electrons. The highest BCUT2D eigenvalue weighted by Gasteiger charge is 2.27. The molecule has 3 nitrogen and oxygen atoms in total. The van der Waals surface area contributed by atoms with Crippen LogP contribution in [0.15, 0.2) is 18.2 Å². The van der Waals surface area contributed by atoms with Gasteiger partial charge in [0.1, 0.15) is 0 Å². The first-order chi connectivity index (χ1) is 8.54. The molecule has 1 saturated heterocycles. The number of carbonyl (C=O) groups excluding carboxylic acids is 1. The van der Waals surface area contributed by atoms with Gasteiger partial charge in [0.05, 0.1) is 17.7 Å². The van der Waals surface area contributed by atoms with E-state index < -0.39 is 5.97 Å². The molecule has 1 aliphatic heterocycles. The largest absolute Gasteiger partial charge is 0.465 e. The summed E-state index contributed by atoms with van der Waals surface area (Å²) in [6.07, 6.45) is 2.38. The maximum atomic E-state index is 11.5. The number of esters is 1. The number of nitrogens with zero attached hydrogens (tertiary/aromatic N) is 1. The first kappa shape index (κ1) is 13.2. The number of hydrogen-bond acceptors (Lipinski definition) is 3. The highest BCUT2D eigenvalue weighted by molar-refractivity contribution is 6.33. The first-order valence-corrected chi connectivity index (χ1v) is 6.58.